The van der Waals surface area contributed by atoms with Crippen molar-refractivity contribution >= 4 is 11.3 Å². The zero-order chi connectivity index (χ0) is 104. The van der Waals surface area contributed by atoms with E-state index in [4.69, 9.17) is 4.42 Å². The Bertz CT molecular complexity index is 4210. The van der Waals surface area contributed by atoms with Crippen LogP contribution >= 0.6 is 11.3 Å². The number of H-pyrrole nitrogens is 1. The number of aromatic amines is 1. The number of thiazole rings is 1. The smallest absolute Gasteiger partial charge is 0.200 e. The fraction of sp³-hybridized carbons (Fsp3) is 0.617. The Hall–Kier alpha value is -9.10. The van der Waals surface area contributed by atoms with E-state index < -0.39 is 0 Å². The summed E-state index contributed by atoms with van der Waals surface area (Å²) in [5.41, 5.74) is 11.3. The van der Waals surface area contributed by atoms with Gasteiger partial charge in [0.15, 0.2) is 5.89 Å². The standard InChI is InChI=1S/2C12H19N.5C11H18N2.C10H18N2.C10H17NO.C10H17NS.C6H7N/c1-11(2,3)12(4,5)10-6-8-13-9-7-10;1-11(2,3)12(4,5)10-8-6-7-9-13-10;1-10(2,3)11(4,5)9-8-12-6-7-13-9;1-10(2,3)11(4,5)9-6-7-12-8-13-9;1-10(2,3)11(4,5)9-6-7-12-13-8-9;1-10(2,3)11(4,5)9-12-7-6-8-13-9;1-10(2,3)11(4,5)9-7-6-8-12-13-9;3*1-9(2,3)10(4,5)8-11-6-7-12-8;1-6-3-2-4-7-5-6/h2*6-9H,1-5H3;5*6-8H,1-5H3;6-7H,1-5H3,(H,11,12);2*6-7H,1-5H3;2-5H,1H3. The number of aryl methyl sites for hydroxylation is 1. The predicted molar refractivity (Wildman–Crippen MR) is 570 cm³/mol. The second-order valence-corrected chi connectivity index (χ2v) is 51.7. The molecule has 1 N–H and O–H groups in total. The molecule has 0 atom stereocenters. The molecule has 11 rings (SSSR count). The van der Waals surface area contributed by atoms with Crippen molar-refractivity contribution in [2.45, 2.75) is 407 Å². The van der Waals surface area contributed by atoms with Crippen molar-refractivity contribution in [2.24, 2.45) is 54.1 Å². The molecule has 18 nitrogen and oxygen atoms in total. The van der Waals surface area contributed by atoms with E-state index in [1.165, 1.54) is 27.4 Å². The van der Waals surface area contributed by atoms with Gasteiger partial charge in [0.25, 0.3) is 0 Å². The number of hydrogen-bond acceptors (Lipinski definition) is 18. The van der Waals surface area contributed by atoms with Crippen LogP contribution in [-0.2, 0) is 54.1 Å². The van der Waals surface area contributed by atoms with E-state index in [1.807, 2.05) is 117 Å². The monoisotopic (exact) mass is 1850 g/mol. The molecule has 19 heteroatoms. The van der Waals surface area contributed by atoms with Crippen molar-refractivity contribution in [1.82, 2.24) is 85.2 Å². The van der Waals surface area contributed by atoms with Gasteiger partial charge in [-0.1, -0.05) is 358 Å². The number of hydrogen-bond donors (Lipinski definition) is 1. The van der Waals surface area contributed by atoms with Gasteiger partial charge in [-0.2, -0.15) is 20.4 Å². The Morgan fingerprint density at radius 1 is 0.254 bits per heavy atom. The topological polar surface area (TPSA) is 235 Å². The number of oxazole rings is 1. The lowest BCUT2D eigenvalue weighted by molar-refractivity contribution is 0.182. The molecular formula is C115H187N17OS. The van der Waals surface area contributed by atoms with Crippen molar-refractivity contribution < 1.29 is 4.42 Å². The van der Waals surface area contributed by atoms with Crippen LogP contribution in [0, 0.1) is 61.1 Å². The van der Waals surface area contributed by atoms with Crippen LogP contribution in [0.3, 0.4) is 0 Å². The highest BCUT2D eigenvalue weighted by molar-refractivity contribution is 7.09. The summed E-state index contributed by atoms with van der Waals surface area (Å²) in [6.07, 6.45) is 35.7. The maximum absolute atomic E-state index is 5.31. The van der Waals surface area contributed by atoms with Gasteiger partial charge in [-0.3, -0.25) is 24.9 Å². The van der Waals surface area contributed by atoms with Crippen LogP contribution in [0.2, 0.25) is 0 Å². The molecule has 0 aromatic carbocycles. The van der Waals surface area contributed by atoms with Gasteiger partial charge in [-0.15, -0.1) is 11.3 Å². The molecule has 0 aliphatic carbocycles. The first-order chi connectivity index (χ1) is 60.4. The fourth-order valence-electron chi connectivity index (χ4n) is 10.6. The van der Waals surface area contributed by atoms with Crippen LogP contribution in [-0.4, -0.2) is 85.2 Å². The molecule has 0 spiro atoms. The van der Waals surface area contributed by atoms with Gasteiger partial charge in [-0.25, -0.2) is 34.9 Å². The predicted octanol–water partition coefficient (Wildman–Crippen LogP) is 31.4. The van der Waals surface area contributed by atoms with Crippen LogP contribution in [0.25, 0.3) is 0 Å². The molecule has 0 bridgehead atoms. The zero-order valence-corrected chi connectivity index (χ0v) is 94.8. The van der Waals surface area contributed by atoms with Crippen LogP contribution < -0.4 is 0 Å². The van der Waals surface area contributed by atoms with E-state index in [-0.39, 0.29) is 108 Å². The normalized spacial score (nSPS) is 12.9. The third-order valence-electron chi connectivity index (χ3n) is 31.4. The average Bonchev–Trinajstić information content (AvgIpc) is 1.79. The van der Waals surface area contributed by atoms with E-state index in [2.05, 4.69) is 456 Å². The number of aromatic nitrogens is 17. The molecule has 0 saturated carbocycles. The lowest BCUT2D eigenvalue weighted by Gasteiger charge is -2.39. The van der Waals surface area contributed by atoms with Gasteiger partial charge < -0.3 is 9.40 Å². The van der Waals surface area contributed by atoms with Crippen molar-refractivity contribution in [3.63, 3.8) is 0 Å². The van der Waals surface area contributed by atoms with Gasteiger partial charge in [0.1, 0.15) is 24.2 Å². The minimum absolute atomic E-state index is 0.00819. The molecule has 0 radical (unpaired) electrons. The van der Waals surface area contributed by atoms with E-state index in [1.54, 1.807) is 79.7 Å². The Labute approximate surface area is 821 Å². The average molecular weight is 1860 g/mol. The minimum atomic E-state index is -0.0174. The van der Waals surface area contributed by atoms with E-state index in [0.29, 0.717) is 0 Å². The summed E-state index contributed by atoms with van der Waals surface area (Å²) in [6, 6.07) is 24.1. The summed E-state index contributed by atoms with van der Waals surface area (Å²) >= 11 is 1.75. The molecule has 11 heterocycles. The molecule has 0 fully saturated rings. The molecule has 0 unspecified atom stereocenters. The lowest BCUT2D eigenvalue weighted by Crippen LogP contribution is -2.35. The number of rotatable bonds is 10. The van der Waals surface area contributed by atoms with Crippen LogP contribution in [0.5, 0.6) is 0 Å². The van der Waals surface area contributed by atoms with Crippen LogP contribution in [0.1, 0.15) is 408 Å². The fourth-order valence-corrected chi connectivity index (χ4v) is 11.5. The second-order valence-electron chi connectivity index (χ2n) is 50.8. The molecule has 0 aliphatic rings. The number of imidazole rings is 1. The molecule has 11 aromatic rings. The second kappa shape index (κ2) is 48.8. The SMILES string of the molecule is CC(C)(C)C(C)(C)c1ccccn1.CC(C)(C)C(C)(C)c1cccnn1.CC(C)(C)C(C)(C)c1ccncc1.CC(C)(C)C(C)(C)c1ccncn1.CC(C)(C)C(C)(C)c1ccnnc1.CC(C)(C)C(C)(C)c1cnccn1.CC(C)(C)C(C)(C)c1ncc[nH]1.CC(C)(C)C(C)(C)c1ncccn1.CC(C)(C)C(C)(C)c1ncco1.CC(C)(C)C(C)(C)c1nccs1.Cc1cccnc1. The largest absolute Gasteiger partial charge is 0.448 e. The first-order valence-electron chi connectivity index (χ1n) is 47.8. The van der Waals surface area contributed by atoms with E-state index in [9.17, 15) is 0 Å². The van der Waals surface area contributed by atoms with Crippen molar-refractivity contribution in [3.05, 3.63) is 264 Å². The summed E-state index contributed by atoms with van der Waals surface area (Å²) in [5, 5.41) is 19.1. The zero-order valence-electron chi connectivity index (χ0n) is 94.0. The number of pyridine rings is 3. The Morgan fingerprint density at radius 2 is 0.687 bits per heavy atom. The molecule has 11 aromatic heterocycles. The first kappa shape index (κ1) is 123. The molecule has 0 saturated heterocycles. The quantitative estimate of drug-likeness (QED) is 0.134. The highest BCUT2D eigenvalue weighted by Crippen LogP contribution is 2.48. The molecule has 134 heavy (non-hydrogen) atoms. The van der Waals surface area contributed by atoms with E-state index in [0.717, 1.165) is 34.6 Å². The van der Waals surface area contributed by atoms with Crippen molar-refractivity contribution in [2.75, 3.05) is 0 Å². The van der Waals surface area contributed by atoms with E-state index >= 15 is 0 Å². The summed E-state index contributed by atoms with van der Waals surface area (Å²) < 4.78 is 5.31. The highest BCUT2D eigenvalue weighted by atomic mass is 32.1. The molecule has 0 aliphatic heterocycles. The van der Waals surface area contributed by atoms with Crippen molar-refractivity contribution in [1.29, 1.82) is 0 Å². The maximum atomic E-state index is 5.31. The Morgan fingerprint density at radius 3 is 1.04 bits per heavy atom. The molecular weight excluding hydrogens is 1670 g/mol. The van der Waals surface area contributed by atoms with Gasteiger partial charge in [0.2, 0.25) is 0 Å². The molecule has 744 valence electrons. The third-order valence-corrected chi connectivity index (χ3v) is 32.5. The molecule has 0 amide bonds. The number of nitrogens with one attached hydrogen (secondary N) is 1. The Balaban J connectivity index is 0.000000739. The maximum Gasteiger partial charge on any atom is 0.200 e. The number of nitrogens with zero attached hydrogens (tertiary/aromatic N) is 16. The van der Waals surface area contributed by atoms with Crippen LogP contribution in [0.4, 0.5) is 0 Å². The summed E-state index contributed by atoms with van der Waals surface area (Å²) in [4.78, 5) is 53.7. The van der Waals surface area contributed by atoms with Gasteiger partial charge in [-0.05, 0) is 149 Å². The first-order valence-corrected chi connectivity index (χ1v) is 48.7. The van der Waals surface area contributed by atoms with Gasteiger partial charge >= 0.3 is 0 Å². The summed E-state index contributed by atoms with van der Waals surface area (Å²) in [6.45, 7) is 113. The summed E-state index contributed by atoms with van der Waals surface area (Å²) in [7, 11) is 0. The highest BCUT2D eigenvalue weighted by Gasteiger charge is 2.44. The minimum Gasteiger partial charge on any atom is -0.448 e. The van der Waals surface area contributed by atoms with Crippen LogP contribution in [0.15, 0.2) is 207 Å². The lowest BCUT2D eigenvalue weighted by atomic mass is 9.65. The van der Waals surface area contributed by atoms with Crippen molar-refractivity contribution in [3.8, 4) is 0 Å². The van der Waals surface area contributed by atoms with Gasteiger partial charge in [0, 0.05) is 159 Å². The summed E-state index contributed by atoms with van der Waals surface area (Å²) in [5.74, 6) is 2.80. The Kier molecular flexibility index (Phi) is 44.7. The third kappa shape index (κ3) is 35.8. The van der Waals surface area contributed by atoms with Gasteiger partial charge in [0.05, 0.1) is 28.8 Å².